The minimum absolute atomic E-state index is 0.471. The average molecular weight is 325 g/mol. The molecule has 0 aliphatic carbocycles. The van der Waals surface area contributed by atoms with Crippen molar-refractivity contribution in [2.75, 3.05) is 18.0 Å². The number of hydrogen-bond acceptors (Lipinski definition) is 7. The van der Waals surface area contributed by atoms with Gasteiger partial charge in [-0.15, -0.1) is 10.2 Å². The van der Waals surface area contributed by atoms with Gasteiger partial charge in [-0.1, -0.05) is 0 Å². The van der Waals surface area contributed by atoms with Crippen LogP contribution in [0.5, 0.6) is 0 Å². The maximum atomic E-state index is 4.59. The van der Waals surface area contributed by atoms with Crippen LogP contribution in [0.1, 0.15) is 18.1 Å². The van der Waals surface area contributed by atoms with E-state index in [1.807, 2.05) is 35.4 Å². The van der Waals surface area contributed by atoms with E-state index >= 15 is 0 Å². The Labute approximate surface area is 138 Å². The second-order valence-electron chi connectivity index (χ2n) is 6.62. The molecule has 2 bridgehead atoms. The van der Waals surface area contributed by atoms with Crippen molar-refractivity contribution in [2.45, 2.75) is 32.0 Å². The lowest BCUT2D eigenvalue weighted by Crippen LogP contribution is -2.46. The fourth-order valence-corrected chi connectivity index (χ4v) is 3.98. The van der Waals surface area contributed by atoms with E-state index in [0.717, 1.165) is 49.2 Å². The van der Waals surface area contributed by atoms with Crippen molar-refractivity contribution < 1.29 is 0 Å². The highest BCUT2D eigenvalue weighted by atomic mass is 15.4. The van der Waals surface area contributed by atoms with Crippen molar-refractivity contribution in [3.63, 3.8) is 0 Å². The molecule has 3 aromatic heterocycles. The molecule has 0 spiro atoms. The molecule has 2 atom stereocenters. The maximum Gasteiger partial charge on any atom is 0.203 e. The SMILES string of the molecule is Cc1nnc2c(N3CC4CC3CN4Cc3ncnn3C)nccn12. The van der Waals surface area contributed by atoms with Gasteiger partial charge in [-0.2, -0.15) is 5.10 Å². The van der Waals surface area contributed by atoms with Gasteiger partial charge in [0.2, 0.25) is 5.65 Å². The first kappa shape index (κ1) is 13.8. The zero-order valence-corrected chi connectivity index (χ0v) is 13.7. The Morgan fingerprint density at radius 1 is 1.17 bits per heavy atom. The van der Waals surface area contributed by atoms with Crippen molar-refractivity contribution in [3.8, 4) is 0 Å². The molecule has 0 amide bonds. The fourth-order valence-electron chi connectivity index (χ4n) is 3.98. The minimum atomic E-state index is 0.471. The number of anilines is 1. The Balaban J connectivity index is 1.39. The van der Waals surface area contributed by atoms with E-state index in [1.54, 1.807) is 6.33 Å². The summed E-state index contributed by atoms with van der Waals surface area (Å²) >= 11 is 0. The average Bonchev–Trinajstić information content (AvgIpc) is 3.34. The molecule has 124 valence electrons. The van der Waals surface area contributed by atoms with Crippen LogP contribution in [0.2, 0.25) is 0 Å². The quantitative estimate of drug-likeness (QED) is 0.672. The first-order valence-corrected chi connectivity index (χ1v) is 8.20. The zero-order valence-electron chi connectivity index (χ0n) is 13.7. The lowest BCUT2D eigenvalue weighted by atomic mass is 10.2. The number of likely N-dealkylation sites (tertiary alicyclic amines) is 1. The topological polar surface area (TPSA) is 80.3 Å². The highest BCUT2D eigenvalue weighted by Gasteiger charge is 2.44. The molecule has 0 radical (unpaired) electrons. The molecule has 24 heavy (non-hydrogen) atoms. The van der Waals surface area contributed by atoms with Gasteiger partial charge in [0.25, 0.3) is 0 Å². The van der Waals surface area contributed by atoms with Crippen LogP contribution >= 0.6 is 0 Å². The van der Waals surface area contributed by atoms with Crippen LogP contribution in [-0.4, -0.2) is 64.4 Å². The number of piperazine rings is 1. The highest BCUT2D eigenvalue weighted by Crippen LogP contribution is 2.35. The molecule has 9 nitrogen and oxygen atoms in total. The molecule has 0 aromatic carbocycles. The van der Waals surface area contributed by atoms with Crippen LogP contribution in [0.4, 0.5) is 5.82 Å². The molecular formula is C15H19N9. The molecule has 9 heteroatoms. The van der Waals surface area contributed by atoms with Crippen LogP contribution < -0.4 is 4.90 Å². The molecule has 0 N–H and O–H groups in total. The molecule has 2 unspecified atom stereocenters. The molecule has 2 aliphatic heterocycles. The van der Waals surface area contributed by atoms with Gasteiger partial charge in [0.05, 0.1) is 6.54 Å². The predicted octanol–water partition coefficient (Wildman–Crippen LogP) is 0.0243. The second-order valence-corrected chi connectivity index (χ2v) is 6.62. The number of hydrogen-bond donors (Lipinski definition) is 0. The Bertz CT molecular complexity index is 897. The van der Waals surface area contributed by atoms with Gasteiger partial charge in [-0.3, -0.25) is 14.0 Å². The maximum absolute atomic E-state index is 4.59. The van der Waals surface area contributed by atoms with Crippen molar-refractivity contribution in [1.82, 2.24) is 39.2 Å². The minimum Gasteiger partial charge on any atom is -0.348 e. The van der Waals surface area contributed by atoms with Crippen LogP contribution in [-0.2, 0) is 13.6 Å². The van der Waals surface area contributed by atoms with Gasteiger partial charge >= 0.3 is 0 Å². The van der Waals surface area contributed by atoms with Crippen molar-refractivity contribution >= 4 is 11.5 Å². The van der Waals surface area contributed by atoms with Gasteiger partial charge < -0.3 is 4.90 Å². The third kappa shape index (κ3) is 1.94. The number of rotatable bonds is 3. The second kappa shape index (κ2) is 4.97. The largest absolute Gasteiger partial charge is 0.348 e. The summed E-state index contributed by atoms with van der Waals surface area (Å²) in [6, 6.07) is 0.997. The van der Waals surface area contributed by atoms with Gasteiger partial charge in [-0.25, -0.2) is 9.97 Å². The smallest absolute Gasteiger partial charge is 0.203 e. The first-order chi connectivity index (χ1) is 11.7. The molecular weight excluding hydrogens is 306 g/mol. The lowest BCUT2D eigenvalue weighted by molar-refractivity contribution is 0.221. The summed E-state index contributed by atoms with van der Waals surface area (Å²) in [7, 11) is 1.95. The third-order valence-electron chi connectivity index (χ3n) is 5.25. The molecule has 2 saturated heterocycles. The van der Waals surface area contributed by atoms with E-state index in [9.17, 15) is 0 Å². The summed E-state index contributed by atoms with van der Waals surface area (Å²) in [5.41, 5.74) is 0.849. The summed E-state index contributed by atoms with van der Waals surface area (Å²) in [5, 5.41) is 12.7. The highest BCUT2D eigenvalue weighted by molar-refractivity contribution is 5.65. The monoisotopic (exact) mass is 325 g/mol. The number of aromatic nitrogens is 7. The number of fused-ring (bicyclic) bond motifs is 3. The van der Waals surface area contributed by atoms with E-state index in [0.29, 0.717) is 12.1 Å². The summed E-state index contributed by atoms with van der Waals surface area (Å²) in [6.07, 6.45) is 6.53. The van der Waals surface area contributed by atoms with E-state index in [2.05, 4.69) is 35.1 Å². The summed E-state index contributed by atoms with van der Waals surface area (Å²) in [6.45, 7) is 4.81. The van der Waals surface area contributed by atoms with E-state index in [1.165, 1.54) is 0 Å². The van der Waals surface area contributed by atoms with Gasteiger partial charge in [0.15, 0.2) is 5.82 Å². The molecule has 3 aromatic rings. The van der Waals surface area contributed by atoms with Gasteiger partial charge in [0, 0.05) is 44.6 Å². The fraction of sp³-hybridized carbons (Fsp3) is 0.533. The Morgan fingerprint density at radius 3 is 2.83 bits per heavy atom. The lowest BCUT2D eigenvalue weighted by Gasteiger charge is -2.34. The van der Waals surface area contributed by atoms with Gasteiger partial charge in [-0.05, 0) is 13.3 Å². The first-order valence-electron chi connectivity index (χ1n) is 8.20. The Hall–Kier alpha value is -2.55. The molecule has 2 aliphatic rings. The Morgan fingerprint density at radius 2 is 2.08 bits per heavy atom. The predicted molar refractivity (Wildman–Crippen MR) is 86.5 cm³/mol. The molecule has 5 rings (SSSR count). The van der Waals surface area contributed by atoms with Crippen molar-refractivity contribution in [2.24, 2.45) is 7.05 Å². The summed E-state index contributed by atoms with van der Waals surface area (Å²) < 4.78 is 3.86. The zero-order chi connectivity index (χ0) is 16.3. The molecule has 0 saturated carbocycles. The Kier molecular flexibility index (Phi) is 2.87. The van der Waals surface area contributed by atoms with Crippen molar-refractivity contribution in [1.29, 1.82) is 0 Å². The summed E-state index contributed by atoms with van der Waals surface area (Å²) in [5.74, 6) is 2.85. The third-order valence-corrected chi connectivity index (χ3v) is 5.25. The van der Waals surface area contributed by atoms with E-state index < -0.39 is 0 Å². The molecule has 5 heterocycles. The molecule has 2 fully saturated rings. The van der Waals surface area contributed by atoms with Gasteiger partial charge in [0.1, 0.15) is 18.0 Å². The van der Waals surface area contributed by atoms with Crippen LogP contribution in [0.15, 0.2) is 18.7 Å². The summed E-state index contributed by atoms with van der Waals surface area (Å²) in [4.78, 5) is 13.8. The number of nitrogens with zero attached hydrogens (tertiary/aromatic N) is 9. The normalized spacial score (nSPS) is 23.7. The van der Waals surface area contributed by atoms with Crippen LogP contribution in [0.25, 0.3) is 5.65 Å². The van der Waals surface area contributed by atoms with Crippen LogP contribution in [0, 0.1) is 6.92 Å². The van der Waals surface area contributed by atoms with E-state index in [4.69, 9.17) is 0 Å². The van der Waals surface area contributed by atoms with Crippen molar-refractivity contribution in [3.05, 3.63) is 30.4 Å². The standard InChI is InChI=1S/C15H19N9/c1-10-19-20-15-14(16-3-4-23(10)15)24-7-11-5-12(24)6-22(11)8-13-17-9-18-21(13)2/h3-4,9,11-12H,5-8H2,1-2H3. The number of aryl methyl sites for hydroxylation is 2. The van der Waals surface area contributed by atoms with E-state index in [-0.39, 0.29) is 0 Å². The van der Waals surface area contributed by atoms with Crippen LogP contribution in [0.3, 0.4) is 0 Å².